The largest absolute Gasteiger partial charge is 0.492 e. The molecule has 2 aromatic rings. The second-order valence-electron chi connectivity index (χ2n) is 5.66. The van der Waals surface area contributed by atoms with Gasteiger partial charge in [0.05, 0.1) is 18.5 Å². The Labute approximate surface area is 141 Å². The van der Waals surface area contributed by atoms with Gasteiger partial charge in [0.15, 0.2) is 0 Å². The van der Waals surface area contributed by atoms with Gasteiger partial charge in [0.25, 0.3) is 0 Å². The van der Waals surface area contributed by atoms with E-state index >= 15 is 0 Å². The molecule has 2 rings (SSSR count). The first-order valence-electron chi connectivity index (χ1n) is 7.71. The highest BCUT2D eigenvalue weighted by atomic mass is 16.5. The summed E-state index contributed by atoms with van der Waals surface area (Å²) in [4.78, 5) is 24.7. The molecule has 1 amide bonds. The number of nitrogens with zero attached hydrogens (tertiary/aromatic N) is 1. The summed E-state index contributed by atoms with van der Waals surface area (Å²) in [7, 11) is 1.71. The fourth-order valence-corrected chi connectivity index (χ4v) is 2.18. The Hall–Kier alpha value is -2.82. The molecule has 0 unspecified atom stereocenters. The molecule has 0 aliphatic rings. The second kappa shape index (κ2) is 8.15. The molecule has 0 fully saturated rings. The molecule has 0 aliphatic carbocycles. The van der Waals surface area contributed by atoms with Gasteiger partial charge < -0.3 is 14.7 Å². The van der Waals surface area contributed by atoms with E-state index in [9.17, 15) is 9.59 Å². The molecule has 0 spiro atoms. The van der Waals surface area contributed by atoms with E-state index in [1.165, 1.54) is 17.7 Å². The lowest BCUT2D eigenvalue weighted by molar-refractivity contribution is -0.129. The number of rotatable bonds is 7. The number of ether oxygens (including phenoxy) is 1. The number of benzene rings is 2. The predicted octanol–water partition coefficient (Wildman–Crippen LogP) is 2.77. The average molecular weight is 327 g/mol. The van der Waals surface area contributed by atoms with Crippen LogP contribution in [0.5, 0.6) is 5.75 Å². The number of hydrogen-bond donors (Lipinski definition) is 1. The lowest BCUT2D eigenvalue weighted by Gasteiger charge is -2.17. The first-order valence-corrected chi connectivity index (χ1v) is 7.71. The van der Waals surface area contributed by atoms with Crippen LogP contribution < -0.4 is 4.74 Å². The van der Waals surface area contributed by atoms with Gasteiger partial charge in [0.1, 0.15) is 12.4 Å². The lowest BCUT2D eigenvalue weighted by Crippen LogP contribution is -2.32. The van der Waals surface area contributed by atoms with Crippen molar-refractivity contribution >= 4 is 11.9 Å². The van der Waals surface area contributed by atoms with Crippen LogP contribution in [0.15, 0.2) is 48.5 Å². The molecule has 2 aromatic carbocycles. The zero-order chi connectivity index (χ0) is 17.5. The zero-order valence-electron chi connectivity index (χ0n) is 13.9. The maximum atomic E-state index is 12.2. The van der Waals surface area contributed by atoms with Crippen molar-refractivity contribution in [2.75, 3.05) is 20.2 Å². The summed E-state index contributed by atoms with van der Waals surface area (Å²) in [5, 5.41) is 8.98. The second-order valence-corrected chi connectivity index (χ2v) is 5.66. The zero-order valence-corrected chi connectivity index (χ0v) is 13.9. The van der Waals surface area contributed by atoms with E-state index in [4.69, 9.17) is 9.84 Å². The molecule has 0 saturated heterocycles. The van der Waals surface area contributed by atoms with E-state index in [2.05, 4.69) is 0 Å². The number of carbonyl (C=O) groups is 2. The Kier molecular flexibility index (Phi) is 5.95. The SMILES string of the molecule is Cc1ccc(OCCN(C)C(=O)Cc2cccc(C(=O)O)c2)cc1. The van der Waals surface area contributed by atoms with Crippen molar-refractivity contribution in [3.05, 3.63) is 65.2 Å². The van der Waals surface area contributed by atoms with Crippen LogP contribution >= 0.6 is 0 Å². The number of carboxylic acid groups (broad SMARTS) is 1. The Morgan fingerprint density at radius 3 is 2.50 bits per heavy atom. The third-order valence-electron chi connectivity index (χ3n) is 3.67. The molecule has 126 valence electrons. The number of aromatic carboxylic acids is 1. The first-order chi connectivity index (χ1) is 11.5. The number of carbonyl (C=O) groups excluding carboxylic acids is 1. The monoisotopic (exact) mass is 327 g/mol. The van der Waals surface area contributed by atoms with Gasteiger partial charge in [-0.1, -0.05) is 29.8 Å². The van der Waals surface area contributed by atoms with E-state index in [1.807, 2.05) is 31.2 Å². The molecule has 0 heterocycles. The fraction of sp³-hybridized carbons (Fsp3) is 0.263. The van der Waals surface area contributed by atoms with E-state index in [1.54, 1.807) is 24.1 Å². The van der Waals surface area contributed by atoms with E-state index < -0.39 is 5.97 Å². The predicted molar refractivity (Wildman–Crippen MR) is 91.4 cm³/mol. The fourth-order valence-electron chi connectivity index (χ4n) is 2.18. The minimum Gasteiger partial charge on any atom is -0.492 e. The minimum atomic E-state index is -0.996. The number of aryl methyl sites for hydroxylation is 1. The van der Waals surface area contributed by atoms with Gasteiger partial charge in [-0.15, -0.1) is 0 Å². The van der Waals surface area contributed by atoms with Crippen LogP contribution in [0.2, 0.25) is 0 Å². The molecular formula is C19H21NO4. The van der Waals surface area contributed by atoms with Crippen LogP contribution in [0.3, 0.4) is 0 Å². The van der Waals surface area contributed by atoms with E-state index in [0.29, 0.717) is 18.7 Å². The van der Waals surface area contributed by atoms with Crippen molar-refractivity contribution < 1.29 is 19.4 Å². The summed E-state index contributed by atoms with van der Waals surface area (Å²) in [6.45, 7) is 2.88. The summed E-state index contributed by atoms with van der Waals surface area (Å²) in [6, 6.07) is 14.2. The molecule has 0 aromatic heterocycles. The molecule has 0 bridgehead atoms. The number of carboxylic acids is 1. The van der Waals surface area contributed by atoms with E-state index in [0.717, 1.165) is 5.75 Å². The molecule has 0 atom stereocenters. The van der Waals surface area contributed by atoms with Crippen molar-refractivity contribution in [3.8, 4) is 5.75 Å². The third-order valence-corrected chi connectivity index (χ3v) is 3.67. The molecule has 1 N–H and O–H groups in total. The molecule has 0 radical (unpaired) electrons. The van der Waals surface area contributed by atoms with Crippen molar-refractivity contribution in [1.29, 1.82) is 0 Å². The molecule has 0 saturated carbocycles. The van der Waals surface area contributed by atoms with Crippen LogP contribution in [0, 0.1) is 6.92 Å². The number of amides is 1. The molecule has 5 heteroatoms. The van der Waals surface area contributed by atoms with Gasteiger partial charge in [0, 0.05) is 7.05 Å². The van der Waals surface area contributed by atoms with Crippen LogP contribution in [0.25, 0.3) is 0 Å². The maximum absolute atomic E-state index is 12.2. The van der Waals surface area contributed by atoms with Gasteiger partial charge >= 0.3 is 5.97 Å². The van der Waals surface area contributed by atoms with Gasteiger partial charge in [0.2, 0.25) is 5.91 Å². The van der Waals surface area contributed by atoms with E-state index in [-0.39, 0.29) is 17.9 Å². The number of hydrogen-bond acceptors (Lipinski definition) is 3. The number of likely N-dealkylation sites (N-methyl/N-ethyl adjacent to an activating group) is 1. The summed E-state index contributed by atoms with van der Waals surface area (Å²) in [5.41, 5.74) is 2.04. The summed E-state index contributed by atoms with van der Waals surface area (Å²) in [6.07, 6.45) is 0.169. The highest BCUT2D eigenvalue weighted by Crippen LogP contribution is 2.11. The van der Waals surface area contributed by atoms with Gasteiger partial charge in [-0.25, -0.2) is 4.79 Å². The van der Waals surface area contributed by atoms with Crippen molar-refractivity contribution in [2.24, 2.45) is 0 Å². The Bertz CT molecular complexity index is 710. The summed E-state index contributed by atoms with van der Waals surface area (Å²) >= 11 is 0. The molecule has 0 aliphatic heterocycles. The highest BCUT2D eigenvalue weighted by molar-refractivity contribution is 5.88. The van der Waals surface area contributed by atoms with Gasteiger partial charge in [-0.05, 0) is 36.8 Å². The summed E-state index contributed by atoms with van der Waals surface area (Å²) in [5.74, 6) is -0.301. The summed E-state index contributed by atoms with van der Waals surface area (Å²) < 4.78 is 5.61. The van der Waals surface area contributed by atoms with Crippen LogP contribution in [0.4, 0.5) is 0 Å². The van der Waals surface area contributed by atoms with Crippen LogP contribution in [-0.4, -0.2) is 42.1 Å². The van der Waals surface area contributed by atoms with Crippen molar-refractivity contribution in [3.63, 3.8) is 0 Å². The topological polar surface area (TPSA) is 66.8 Å². The Morgan fingerprint density at radius 1 is 1.12 bits per heavy atom. The highest BCUT2D eigenvalue weighted by Gasteiger charge is 2.11. The Morgan fingerprint density at radius 2 is 1.83 bits per heavy atom. The standard InChI is InChI=1S/C19H21NO4/c1-14-6-8-17(9-7-14)24-11-10-20(2)18(21)13-15-4-3-5-16(12-15)19(22)23/h3-9,12H,10-11,13H2,1-2H3,(H,22,23). The first kappa shape index (κ1) is 17.5. The van der Waals surface area contributed by atoms with Gasteiger partial charge in [-0.2, -0.15) is 0 Å². The third kappa shape index (κ3) is 5.12. The normalized spacial score (nSPS) is 10.2. The maximum Gasteiger partial charge on any atom is 0.335 e. The quantitative estimate of drug-likeness (QED) is 0.849. The minimum absolute atomic E-state index is 0.0787. The molecular weight excluding hydrogens is 306 g/mol. The van der Waals surface area contributed by atoms with Crippen molar-refractivity contribution in [2.45, 2.75) is 13.3 Å². The Balaban J connectivity index is 1.82. The van der Waals surface area contributed by atoms with Gasteiger partial charge in [-0.3, -0.25) is 4.79 Å². The smallest absolute Gasteiger partial charge is 0.335 e. The lowest BCUT2D eigenvalue weighted by atomic mass is 10.1. The van der Waals surface area contributed by atoms with Crippen LogP contribution in [0.1, 0.15) is 21.5 Å². The van der Waals surface area contributed by atoms with Crippen LogP contribution in [-0.2, 0) is 11.2 Å². The average Bonchev–Trinajstić information content (AvgIpc) is 2.56. The molecule has 5 nitrogen and oxygen atoms in total. The van der Waals surface area contributed by atoms with Crippen molar-refractivity contribution in [1.82, 2.24) is 4.90 Å². The molecule has 24 heavy (non-hydrogen) atoms.